The van der Waals surface area contributed by atoms with Crippen LogP contribution in [0.15, 0.2) is 47.1 Å². The molecule has 0 atom stereocenters. The number of benzene rings is 1. The summed E-state index contributed by atoms with van der Waals surface area (Å²) in [7, 11) is 0. The number of nitrogens with zero attached hydrogens (tertiary/aromatic N) is 1. The highest BCUT2D eigenvalue weighted by molar-refractivity contribution is 5.99. The van der Waals surface area contributed by atoms with Crippen LogP contribution >= 0.6 is 0 Å². The van der Waals surface area contributed by atoms with E-state index in [-0.39, 0.29) is 5.91 Å². The summed E-state index contributed by atoms with van der Waals surface area (Å²) < 4.78 is 5.16. The number of aromatic nitrogens is 1. The quantitative estimate of drug-likeness (QED) is 0.841. The fraction of sp³-hybridized carbons (Fsp3) is 0.143. The third kappa shape index (κ3) is 2.85. The van der Waals surface area contributed by atoms with Gasteiger partial charge in [0.25, 0.3) is 0 Å². The Morgan fingerprint density at radius 3 is 2.61 bits per heavy atom. The number of rotatable bonds is 3. The molecule has 1 amide bonds. The molecule has 1 aromatic carbocycles. The number of allylic oxidation sites excluding steroid dienone is 1. The van der Waals surface area contributed by atoms with Crippen LogP contribution in [0.3, 0.4) is 0 Å². The second kappa shape index (κ2) is 5.31. The molecule has 4 heteroatoms. The van der Waals surface area contributed by atoms with E-state index in [0.717, 1.165) is 16.9 Å². The summed E-state index contributed by atoms with van der Waals surface area (Å²) in [6.45, 7) is 3.60. The van der Waals surface area contributed by atoms with Crippen molar-refractivity contribution in [3.8, 4) is 11.3 Å². The first kappa shape index (κ1) is 12.1. The van der Waals surface area contributed by atoms with Gasteiger partial charge in [-0.3, -0.25) is 4.79 Å². The molecule has 0 radical (unpaired) electrons. The van der Waals surface area contributed by atoms with Crippen molar-refractivity contribution in [2.45, 2.75) is 13.8 Å². The Hall–Kier alpha value is -2.36. The van der Waals surface area contributed by atoms with Crippen LogP contribution in [0.5, 0.6) is 0 Å². The standard InChI is InChI=1S/C14H14N2O2/c1-3-4-14(17)16-12-7-5-11(6-8-12)13-9-18-10(2)15-13/h3-9H,1-2H3,(H,16,17). The Bertz CT molecular complexity index is 568. The van der Waals surface area contributed by atoms with Gasteiger partial charge < -0.3 is 9.73 Å². The molecule has 1 heterocycles. The van der Waals surface area contributed by atoms with Crippen LogP contribution in [0.4, 0.5) is 5.69 Å². The van der Waals surface area contributed by atoms with Gasteiger partial charge in [-0.25, -0.2) is 4.98 Å². The van der Waals surface area contributed by atoms with Crippen molar-refractivity contribution in [2.24, 2.45) is 0 Å². The Balaban J connectivity index is 2.13. The smallest absolute Gasteiger partial charge is 0.248 e. The van der Waals surface area contributed by atoms with Crippen LogP contribution in [0.2, 0.25) is 0 Å². The number of carbonyl (C=O) groups excluding carboxylic acids is 1. The number of nitrogens with one attached hydrogen (secondary N) is 1. The maximum absolute atomic E-state index is 11.3. The largest absolute Gasteiger partial charge is 0.449 e. The summed E-state index contributed by atoms with van der Waals surface area (Å²) in [6, 6.07) is 7.45. The minimum absolute atomic E-state index is 0.137. The van der Waals surface area contributed by atoms with E-state index in [1.165, 1.54) is 6.08 Å². The average Bonchev–Trinajstić information content (AvgIpc) is 2.77. The third-order valence-electron chi connectivity index (χ3n) is 2.39. The van der Waals surface area contributed by atoms with E-state index in [2.05, 4.69) is 10.3 Å². The number of hydrogen-bond donors (Lipinski definition) is 1. The zero-order valence-corrected chi connectivity index (χ0v) is 10.3. The van der Waals surface area contributed by atoms with Gasteiger partial charge in [0.05, 0.1) is 0 Å². The van der Waals surface area contributed by atoms with Gasteiger partial charge in [0.1, 0.15) is 12.0 Å². The van der Waals surface area contributed by atoms with Crippen LogP contribution in [0, 0.1) is 6.92 Å². The second-order valence-corrected chi connectivity index (χ2v) is 3.82. The van der Waals surface area contributed by atoms with Crippen LogP contribution in [0.25, 0.3) is 11.3 Å². The number of amides is 1. The van der Waals surface area contributed by atoms with Crippen molar-refractivity contribution in [2.75, 3.05) is 5.32 Å². The zero-order chi connectivity index (χ0) is 13.0. The third-order valence-corrected chi connectivity index (χ3v) is 2.39. The first-order valence-electron chi connectivity index (χ1n) is 5.65. The van der Waals surface area contributed by atoms with Crippen LogP contribution in [-0.4, -0.2) is 10.9 Å². The summed E-state index contributed by atoms with van der Waals surface area (Å²) in [5, 5.41) is 2.76. The number of anilines is 1. The molecule has 0 fully saturated rings. The molecule has 0 bridgehead atoms. The second-order valence-electron chi connectivity index (χ2n) is 3.82. The molecule has 92 valence electrons. The minimum Gasteiger partial charge on any atom is -0.449 e. The fourth-order valence-electron chi connectivity index (χ4n) is 1.56. The van der Waals surface area contributed by atoms with Gasteiger partial charge in [-0.1, -0.05) is 18.2 Å². The summed E-state index contributed by atoms with van der Waals surface area (Å²) >= 11 is 0. The van der Waals surface area contributed by atoms with Gasteiger partial charge in [-0.05, 0) is 25.1 Å². The molecule has 0 saturated heterocycles. The monoisotopic (exact) mass is 242 g/mol. The highest BCUT2D eigenvalue weighted by Gasteiger charge is 2.03. The summed E-state index contributed by atoms with van der Waals surface area (Å²) in [5.41, 5.74) is 2.50. The van der Waals surface area contributed by atoms with Gasteiger partial charge in [0.15, 0.2) is 5.89 Å². The van der Waals surface area contributed by atoms with Gasteiger partial charge in [-0.15, -0.1) is 0 Å². The first-order valence-corrected chi connectivity index (χ1v) is 5.65. The summed E-state index contributed by atoms with van der Waals surface area (Å²) in [6.07, 6.45) is 4.79. The molecule has 0 spiro atoms. The lowest BCUT2D eigenvalue weighted by Gasteiger charge is -2.02. The van der Waals surface area contributed by atoms with E-state index in [1.807, 2.05) is 24.3 Å². The van der Waals surface area contributed by atoms with Crippen molar-refractivity contribution in [1.29, 1.82) is 0 Å². The molecule has 1 N–H and O–H groups in total. The molecule has 2 aromatic rings. The average molecular weight is 242 g/mol. The summed E-state index contributed by atoms with van der Waals surface area (Å²) in [4.78, 5) is 15.6. The van der Waals surface area contributed by atoms with Crippen molar-refractivity contribution in [1.82, 2.24) is 4.98 Å². The van der Waals surface area contributed by atoms with Crippen molar-refractivity contribution in [3.05, 3.63) is 48.6 Å². The lowest BCUT2D eigenvalue weighted by molar-refractivity contribution is -0.111. The Kier molecular flexibility index (Phi) is 3.57. The molecular formula is C14H14N2O2. The predicted molar refractivity (Wildman–Crippen MR) is 70.1 cm³/mol. The van der Waals surface area contributed by atoms with Gasteiger partial charge in [0.2, 0.25) is 5.91 Å². The van der Waals surface area contributed by atoms with E-state index in [1.54, 1.807) is 26.2 Å². The lowest BCUT2D eigenvalue weighted by Crippen LogP contribution is -2.07. The molecule has 2 rings (SSSR count). The number of oxazole rings is 1. The van der Waals surface area contributed by atoms with E-state index in [0.29, 0.717) is 5.89 Å². The molecule has 0 saturated carbocycles. The molecule has 0 unspecified atom stereocenters. The Labute approximate surface area is 105 Å². The molecule has 18 heavy (non-hydrogen) atoms. The van der Waals surface area contributed by atoms with Crippen molar-refractivity contribution in [3.63, 3.8) is 0 Å². The van der Waals surface area contributed by atoms with Gasteiger partial charge in [0, 0.05) is 18.2 Å². The first-order chi connectivity index (χ1) is 8.69. The highest BCUT2D eigenvalue weighted by atomic mass is 16.3. The maximum Gasteiger partial charge on any atom is 0.248 e. The normalized spacial score (nSPS) is 10.8. The number of hydrogen-bond acceptors (Lipinski definition) is 3. The molecular weight excluding hydrogens is 228 g/mol. The topological polar surface area (TPSA) is 55.1 Å². The van der Waals surface area contributed by atoms with E-state index < -0.39 is 0 Å². The SMILES string of the molecule is CC=CC(=O)Nc1ccc(-c2coc(C)n2)cc1. The highest BCUT2D eigenvalue weighted by Crippen LogP contribution is 2.20. The van der Waals surface area contributed by atoms with Crippen molar-refractivity contribution >= 4 is 11.6 Å². The molecule has 1 aromatic heterocycles. The molecule has 0 aliphatic rings. The van der Waals surface area contributed by atoms with E-state index >= 15 is 0 Å². The number of aryl methyl sites for hydroxylation is 1. The lowest BCUT2D eigenvalue weighted by atomic mass is 10.1. The summed E-state index contributed by atoms with van der Waals surface area (Å²) in [5.74, 6) is 0.498. The van der Waals surface area contributed by atoms with Gasteiger partial charge in [-0.2, -0.15) is 0 Å². The maximum atomic E-state index is 11.3. The van der Waals surface area contributed by atoms with E-state index in [4.69, 9.17) is 4.42 Å². The minimum atomic E-state index is -0.137. The van der Waals surface area contributed by atoms with Crippen LogP contribution < -0.4 is 5.32 Å². The molecule has 0 aliphatic carbocycles. The zero-order valence-electron chi connectivity index (χ0n) is 10.3. The van der Waals surface area contributed by atoms with Crippen LogP contribution in [-0.2, 0) is 4.79 Å². The molecule has 0 aliphatic heterocycles. The molecule has 4 nitrogen and oxygen atoms in total. The fourth-order valence-corrected chi connectivity index (χ4v) is 1.56. The van der Waals surface area contributed by atoms with Crippen molar-refractivity contribution < 1.29 is 9.21 Å². The Morgan fingerprint density at radius 2 is 2.06 bits per heavy atom. The number of carbonyl (C=O) groups is 1. The van der Waals surface area contributed by atoms with Crippen LogP contribution in [0.1, 0.15) is 12.8 Å². The predicted octanol–water partition coefficient (Wildman–Crippen LogP) is 3.16. The van der Waals surface area contributed by atoms with E-state index in [9.17, 15) is 4.79 Å². The Morgan fingerprint density at radius 1 is 1.33 bits per heavy atom. The van der Waals surface area contributed by atoms with Gasteiger partial charge >= 0.3 is 0 Å².